The zero-order valence-corrected chi connectivity index (χ0v) is 54.9. The summed E-state index contributed by atoms with van der Waals surface area (Å²) in [6.07, 6.45) is 74.0. The second kappa shape index (κ2) is 61.6. The van der Waals surface area contributed by atoms with Crippen LogP contribution in [0, 0.1) is 0 Å². The van der Waals surface area contributed by atoms with E-state index in [0.717, 1.165) is 128 Å². The molecule has 0 radical (unpaired) electrons. The Morgan fingerprint density at radius 2 is 0.837 bits per heavy atom. The average Bonchev–Trinajstić information content (AvgIpc) is 3.68. The van der Waals surface area contributed by atoms with Gasteiger partial charge in [-0.2, -0.15) is 0 Å². The van der Waals surface area contributed by atoms with Crippen LogP contribution in [0.15, 0.2) is 109 Å². The lowest BCUT2D eigenvalue weighted by molar-refractivity contribution is -0.305. The van der Waals surface area contributed by atoms with Crippen LogP contribution in [0.4, 0.5) is 0 Å². The molecule has 0 aromatic carbocycles. The maximum Gasteiger partial charge on any atom is 0.306 e. The minimum absolute atomic E-state index is 0.110. The van der Waals surface area contributed by atoms with Crippen LogP contribution in [0.2, 0.25) is 0 Å². The Labute approximate surface area is 526 Å². The summed E-state index contributed by atoms with van der Waals surface area (Å²) < 4.78 is 17.7. The third-order valence-electron chi connectivity index (χ3n) is 15.9. The first kappa shape index (κ1) is 80.3. The number of hydrogen-bond acceptors (Lipinski definition) is 10. The van der Waals surface area contributed by atoms with E-state index in [2.05, 4.69) is 123 Å². The van der Waals surface area contributed by atoms with Crippen molar-refractivity contribution in [2.45, 2.75) is 339 Å². The zero-order chi connectivity index (χ0) is 62.4. The molecule has 6 N–H and O–H groups in total. The van der Waals surface area contributed by atoms with Crippen LogP contribution in [0.3, 0.4) is 0 Å². The molecule has 0 bridgehead atoms. The molecule has 1 aliphatic rings. The number of carbonyl (C=O) groups is 2. The Kier molecular flexibility index (Phi) is 57.5. The normalized spacial score (nSPS) is 19.0. The molecule has 0 spiro atoms. The van der Waals surface area contributed by atoms with E-state index >= 15 is 0 Å². The molecule has 1 rings (SSSR count). The Hall–Kier alpha value is -3.68. The van der Waals surface area contributed by atoms with Crippen molar-refractivity contribution in [2.75, 3.05) is 13.2 Å². The monoisotopic (exact) mass is 1200 g/mol. The van der Waals surface area contributed by atoms with E-state index < -0.39 is 67.4 Å². The summed E-state index contributed by atoms with van der Waals surface area (Å²) in [6.45, 7) is 5.66. The summed E-state index contributed by atoms with van der Waals surface area (Å²) in [7, 11) is 0. The number of allylic oxidation sites excluding steroid dienone is 17. The number of ether oxygens (including phenoxy) is 3. The molecule has 8 atom stereocenters. The Morgan fingerprint density at radius 1 is 0.465 bits per heavy atom. The standard InChI is InChI=1S/C75H129NO10/c1-4-7-10-13-16-19-22-25-27-29-31-33-34-35-37-38-40-42-44-47-50-53-56-59-62-68(79)74(83)76-66(67(78)61-58-55-52-49-46-24-21-18-15-12-9-6-3)65-84-75-73(72(82)71(81)69(64-77)85-75)86-70(80)63-60-57-54-51-48-45-43-41-39-36-32-30-28-26-23-20-17-14-11-8-5-2/h7,10,16-17,19-20,25-28,31-33,35-37,58,61,66-69,71-73,75,77-79,81-82H,4-6,8-9,11-15,18,21-24,29-30,34,38-57,59-60,62-65H2,1-3H3,(H,76,83)/b10-7-,19-16-,20-17-,27-25-,28-26-,33-31-,36-32-,37-35-,61-58+. The molecule has 494 valence electrons. The molecule has 11 nitrogen and oxygen atoms in total. The first-order valence-electron chi connectivity index (χ1n) is 35.2. The largest absolute Gasteiger partial charge is 0.454 e. The number of amides is 1. The Balaban J connectivity index is 2.60. The number of unbranched alkanes of at least 4 members (excludes halogenated alkanes) is 29. The summed E-state index contributed by atoms with van der Waals surface area (Å²) >= 11 is 0. The number of carbonyl (C=O) groups excluding carboxylic acids is 2. The van der Waals surface area contributed by atoms with Crippen LogP contribution in [0.1, 0.15) is 290 Å². The highest BCUT2D eigenvalue weighted by Gasteiger charge is 2.47. The van der Waals surface area contributed by atoms with E-state index in [0.29, 0.717) is 12.8 Å². The lowest BCUT2D eigenvalue weighted by Crippen LogP contribution is -2.61. The van der Waals surface area contributed by atoms with Gasteiger partial charge in [0.1, 0.15) is 24.4 Å². The summed E-state index contributed by atoms with van der Waals surface area (Å²) in [5.74, 6) is -1.21. The highest BCUT2D eigenvalue weighted by atomic mass is 16.7. The van der Waals surface area contributed by atoms with Crippen LogP contribution in [0.25, 0.3) is 0 Å². The second-order valence-corrected chi connectivity index (χ2v) is 23.9. The van der Waals surface area contributed by atoms with Crippen molar-refractivity contribution in [3.8, 4) is 0 Å². The minimum Gasteiger partial charge on any atom is -0.454 e. The number of nitrogens with one attached hydrogen (secondary N) is 1. The zero-order valence-electron chi connectivity index (χ0n) is 54.9. The van der Waals surface area contributed by atoms with Gasteiger partial charge in [0, 0.05) is 6.42 Å². The van der Waals surface area contributed by atoms with E-state index in [1.165, 1.54) is 116 Å². The fourth-order valence-corrected chi connectivity index (χ4v) is 10.4. The third kappa shape index (κ3) is 48.3. The van der Waals surface area contributed by atoms with Crippen molar-refractivity contribution >= 4 is 11.9 Å². The molecule has 1 saturated heterocycles. The van der Waals surface area contributed by atoms with Crippen LogP contribution in [-0.4, -0.2) is 99.6 Å². The summed E-state index contributed by atoms with van der Waals surface area (Å²) in [4.78, 5) is 26.7. The molecule has 1 amide bonds. The van der Waals surface area contributed by atoms with E-state index in [9.17, 15) is 35.1 Å². The SMILES string of the molecule is CC/C=C\C/C=C\C/C=C\C/C=C\C/C=C\CCCCCCCCCCC(O)C(=O)NC(COC1OC(CO)C(O)C(O)C1OC(=O)CCCCCCCCCC/C=C\C/C=C\C/C=C\CCCCC)C(O)/C=C/CCCCCCCCCCCC. The summed E-state index contributed by atoms with van der Waals surface area (Å²) in [6, 6.07) is -1.04. The molecule has 8 unspecified atom stereocenters. The Morgan fingerprint density at radius 3 is 1.28 bits per heavy atom. The van der Waals surface area contributed by atoms with Crippen LogP contribution in [0.5, 0.6) is 0 Å². The molecule has 1 heterocycles. The van der Waals surface area contributed by atoms with Crippen molar-refractivity contribution < 1.29 is 49.3 Å². The fourth-order valence-electron chi connectivity index (χ4n) is 10.4. The third-order valence-corrected chi connectivity index (χ3v) is 15.9. The molecule has 1 fully saturated rings. The van der Waals surface area contributed by atoms with Gasteiger partial charge < -0.3 is 45.1 Å². The fraction of sp³-hybridized carbons (Fsp3) is 0.733. The van der Waals surface area contributed by atoms with Gasteiger partial charge in [0.2, 0.25) is 5.91 Å². The van der Waals surface area contributed by atoms with E-state index in [1.807, 2.05) is 6.08 Å². The molecule has 0 aromatic rings. The van der Waals surface area contributed by atoms with Crippen molar-refractivity contribution in [1.29, 1.82) is 0 Å². The quantitative estimate of drug-likeness (QED) is 0.0195. The summed E-state index contributed by atoms with van der Waals surface area (Å²) in [5.41, 5.74) is 0. The minimum atomic E-state index is -1.62. The topological polar surface area (TPSA) is 175 Å². The highest BCUT2D eigenvalue weighted by Crippen LogP contribution is 2.26. The number of aliphatic hydroxyl groups is 5. The molecule has 1 aliphatic heterocycles. The lowest BCUT2D eigenvalue weighted by atomic mass is 9.99. The van der Waals surface area contributed by atoms with Gasteiger partial charge in [-0.15, -0.1) is 0 Å². The predicted octanol–water partition coefficient (Wildman–Crippen LogP) is 18.0. The maximum absolute atomic E-state index is 13.5. The van der Waals surface area contributed by atoms with Gasteiger partial charge >= 0.3 is 5.97 Å². The predicted molar refractivity (Wildman–Crippen MR) is 361 cm³/mol. The number of hydrogen-bond donors (Lipinski definition) is 6. The second-order valence-electron chi connectivity index (χ2n) is 23.9. The van der Waals surface area contributed by atoms with E-state index in [1.54, 1.807) is 6.08 Å². The van der Waals surface area contributed by atoms with E-state index in [4.69, 9.17) is 14.2 Å². The smallest absolute Gasteiger partial charge is 0.306 e. The van der Waals surface area contributed by atoms with Gasteiger partial charge in [-0.05, 0) is 109 Å². The lowest BCUT2D eigenvalue weighted by Gasteiger charge is -2.41. The molecular formula is C75H129NO10. The van der Waals surface area contributed by atoms with Gasteiger partial charge in [0.15, 0.2) is 12.4 Å². The Bertz CT molecular complexity index is 1820. The van der Waals surface area contributed by atoms with Gasteiger partial charge in [-0.3, -0.25) is 9.59 Å². The van der Waals surface area contributed by atoms with Crippen molar-refractivity contribution in [3.05, 3.63) is 109 Å². The van der Waals surface area contributed by atoms with Crippen molar-refractivity contribution in [2.24, 2.45) is 0 Å². The van der Waals surface area contributed by atoms with Crippen LogP contribution >= 0.6 is 0 Å². The van der Waals surface area contributed by atoms with Crippen LogP contribution < -0.4 is 5.32 Å². The molecular weight excluding hydrogens is 1070 g/mol. The van der Waals surface area contributed by atoms with Crippen LogP contribution in [-0.2, 0) is 23.8 Å². The first-order chi connectivity index (χ1) is 42.2. The molecule has 86 heavy (non-hydrogen) atoms. The number of esters is 1. The van der Waals surface area contributed by atoms with Gasteiger partial charge in [0.05, 0.1) is 25.4 Å². The van der Waals surface area contributed by atoms with Gasteiger partial charge in [-0.25, -0.2) is 0 Å². The maximum atomic E-state index is 13.5. The highest BCUT2D eigenvalue weighted by molar-refractivity contribution is 5.80. The van der Waals surface area contributed by atoms with Crippen molar-refractivity contribution in [1.82, 2.24) is 5.32 Å². The molecule has 0 aliphatic carbocycles. The van der Waals surface area contributed by atoms with Gasteiger partial charge in [0.25, 0.3) is 0 Å². The van der Waals surface area contributed by atoms with Gasteiger partial charge in [-0.1, -0.05) is 284 Å². The average molecular weight is 1200 g/mol. The number of rotatable bonds is 59. The van der Waals surface area contributed by atoms with E-state index in [-0.39, 0.29) is 19.4 Å². The summed E-state index contributed by atoms with van der Waals surface area (Å²) in [5, 5.41) is 57.2. The molecule has 0 saturated carbocycles. The first-order valence-corrected chi connectivity index (χ1v) is 35.2. The molecule has 11 heteroatoms. The van der Waals surface area contributed by atoms with Crippen molar-refractivity contribution in [3.63, 3.8) is 0 Å². The number of aliphatic hydroxyl groups excluding tert-OH is 5. The molecule has 0 aromatic heterocycles.